The second-order valence-corrected chi connectivity index (χ2v) is 9.32. The van der Waals surface area contributed by atoms with E-state index >= 15 is 0 Å². The summed E-state index contributed by atoms with van der Waals surface area (Å²) in [6.45, 7) is 2.02. The van der Waals surface area contributed by atoms with E-state index in [1.165, 1.54) is 23.1 Å². The van der Waals surface area contributed by atoms with Gasteiger partial charge in [-0.15, -0.1) is 20.4 Å². The third-order valence-electron chi connectivity index (χ3n) is 3.82. The van der Waals surface area contributed by atoms with Crippen LogP contribution in [-0.4, -0.2) is 26.2 Å². The number of nitrogens with one attached hydrogen (secondary N) is 1. The highest BCUT2D eigenvalue weighted by Gasteiger charge is 2.11. The van der Waals surface area contributed by atoms with Crippen molar-refractivity contribution in [1.82, 2.24) is 20.4 Å². The standard InChI is InChI=1S/C19H15F2N5OS3/c1-11-2-4-12(5-3-11)16-24-23-15(27-16)10-28-19-26-25-18(30-19)22-13-6-8-14(9-7-13)29-17(20)21/h2-9,17H,10H2,1H3,(H,22,25). The fourth-order valence-corrected chi connectivity index (χ4v) is 4.52. The molecular weight excluding hydrogens is 448 g/mol. The van der Waals surface area contributed by atoms with Gasteiger partial charge < -0.3 is 9.73 Å². The lowest BCUT2D eigenvalue weighted by molar-refractivity contribution is 0.252. The van der Waals surface area contributed by atoms with Crippen molar-refractivity contribution >= 4 is 45.7 Å². The normalized spacial score (nSPS) is 11.2. The Bertz CT molecular complexity index is 1100. The van der Waals surface area contributed by atoms with E-state index in [1.54, 1.807) is 24.3 Å². The molecule has 154 valence electrons. The Morgan fingerprint density at radius 2 is 1.77 bits per heavy atom. The molecule has 2 aromatic heterocycles. The van der Waals surface area contributed by atoms with Gasteiger partial charge in [0.1, 0.15) is 0 Å². The van der Waals surface area contributed by atoms with Gasteiger partial charge in [-0.25, -0.2) is 0 Å². The van der Waals surface area contributed by atoms with E-state index in [0.29, 0.717) is 39.3 Å². The smallest absolute Gasteiger partial charge is 0.288 e. The number of halogens is 2. The Balaban J connectivity index is 1.32. The number of anilines is 2. The molecule has 0 amide bonds. The summed E-state index contributed by atoms with van der Waals surface area (Å²) in [5, 5.41) is 20.1. The summed E-state index contributed by atoms with van der Waals surface area (Å²) in [6, 6.07) is 14.6. The predicted octanol–water partition coefficient (Wildman–Crippen LogP) is 6.25. The largest absolute Gasteiger partial charge is 0.420 e. The quantitative estimate of drug-likeness (QED) is 0.307. The van der Waals surface area contributed by atoms with Crippen LogP contribution in [0.15, 0.2) is 62.2 Å². The lowest BCUT2D eigenvalue weighted by Crippen LogP contribution is -1.89. The number of rotatable bonds is 8. The number of nitrogens with zero attached hydrogens (tertiary/aromatic N) is 4. The zero-order valence-electron chi connectivity index (χ0n) is 15.6. The highest BCUT2D eigenvalue weighted by molar-refractivity contribution is 8.00. The number of thioether (sulfide) groups is 2. The van der Waals surface area contributed by atoms with Crippen molar-refractivity contribution in [3.8, 4) is 11.5 Å². The van der Waals surface area contributed by atoms with Crippen molar-refractivity contribution in [3.05, 3.63) is 60.0 Å². The Hall–Kier alpha value is -2.50. The van der Waals surface area contributed by atoms with Gasteiger partial charge in [-0.1, -0.05) is 52.6 Å². The molecule has 30 heavy (non-hydrogen) atoms. The molecule has 0 aliphatic rings. The zero-order valence-corrected chi connectivity index (χ0v) is 18.0. The Morgan fingerprint density at radius 1 is 1.00 bits per heavy atom. The Morgan fingerprint density at radius 3 is 2.50 bits per heavy atom. The van der Waals surface area contributed by atoms with Gasteiger partial charge >= 0.3 is 0 Å². The third-order valence-corrected chi connectivity index (χ3v) is 6.50. The lowest BCUT2D eigenvalue weighted by Gasteiger charge is -2.03. The van der Waals surface area contributed by atoms with Crippen LogP contribution in [0.3, 0.4) is 0 Å². The fourth-order valence-electron chi connectivity index (χ4n) is 2.41. The number of aromatic nitrogens is 4. The predicted molar refractivity (Wildman–Crippen MR) is 116 cm³/mol. The number of benzene rings is 2. The molecule has 0 atom stereocenters. The Labute approximate surface area is 183 Å². The summed E-state index contributed by atoms with van der Waals surface area (Å²) < 4.78 is 31.2. The molecule has 1 N–H and O–H groups in total. The molecule has 2 heterocycles. The summed E-state index contributed by atoms with van der Waals surface area (Å²) in [6.07, 6.45) is 0. The van der Waals surface area contributed by atoms with Crippen molar-refractivity contribution < 1.29 is 13.2 Å². The van der Waals surface area contributed by atoms with Gasteiger partial charge in [-0.05, 0) is 43.3 Å². The molecule has 4 rings (SSSR count). The molecule has 0 fully saturated rings. The maximum atomic E-state index is 12.4. The van der Waals surface area contributed by atoms with E-state index in [4.69, 9.17) is 4.42 Å². The van der Waals surface area contributed by atoms with Crippen molar-refractivity contribution in [1.29, 1.82) is 0 Å². The molecule has 4 aromatic rings. The first-order chi connectivity index (χ1) is 14.5. The first kappa shape index (κ1) is 20.8. The minimum absolute atomic E-state index is 0.479. The van der Waals surface area contributed by atoms with Crippen LogP contribution in [0.25, 0.3) is 11.5 Å². The number of hydrogen-bond acceptors (Lipinski definition) is 9. The summed E-state index contributed by atoms with van der Waals surface area (Å²) in [5.41, 5.74) is 2.79. The van der Waals surface area contributed by atoms with Gasteiger partial charge in [0.05, 0.1) is 5.75 Å². The molecule has 0 bridgehead atoms. The second-order valence-electron chi connectivity index (χ2n) is 6.06. The molecular formula is C19H15F2N5OS3. The van der Waals surface area contributed by atoms with Crippen molar-refractivity contribution in [2.45, 2.75) is 27.7 Å². The van der Waals surface area contributed by atoms with Crippen LogP contribution in [0, 0.1) is 6.92 Å². The lowest BCUT2D eigenvalue weighted by atomic mass is 10.1. The van der Waals surface area contributed by atoms with E-state index in [1.807, 2.05) is 31.2 Å². The molecule has 0 saturated carbocycles. The molecule has 0 unspecified atom stereocenters. The first-order valence-electron chi connectivity index (χ1n) is 8.73. The SMILES string of the molecule is Cc1ccc(-c2nnc(CSc3nnc(Nc4ccc(SC(F)F)cc4)s3)o2)cc1. The topological polar surface area (TPSA) is 76.7 Å². The average Bonchev–Trinajstić information content (AvgIpc) is 3.38. The van der Waals surface area contributed by atoms with Gasteiger partial charge in [0.15, 0.2) is 4.34 Å². The van der Waals surface area contributed by atoms with Crippen LogP contribution < -0.4 is 5.32 Å². The monoisotopic (exact) mass is 463 g/mol. The minimum Gasteiger partial charge on any atom is -0.420 e. The fraction of sp³-hybridized carbons (Fsp3) is 0.158. The highest BCUT2D eigenvalue weighted by Crippen LogP contribution is 2.31. The van der Waals surface area contributed by atoms with Crippen LogP contribution in [0.4, 0.5) is 19.6 Å². The molecule has 0 aliphatic carbocycles. The number of aryl methyl sites for hydroxylation is 1. The first-order valence-corrected chi connectivity index (χ1v) is 11.4. The second kappa shape index (κ2) is 9.54. The number of alkyl halides is 2. The summed E-state index contributed by atoms with van der Waals surface area (Å²) >= 11 is 3.34. The van der Waals surface area contributed by atoms with Crippen molar-refractivity contribution in [2.24, 2.45) is 0 Å². The molecule has 0 saturated heterocycles. The van der Waals surface area contributed by atoms with Crippen LogP contribution in [0.5, 0.6) is 0 Å². The average molecular weight is 464 g/mol. The molecule has 0 aliphatic heterocycles. The molecule has 11 heteroatoms. The maximum absolute atomic E-state index is 12.4. The molecule has 0 radical (unpaired) electrons. The molecule has 2 aromatic carbocycles. The summed E-state index contributed by atoms with van der Waals surface area (Å²) in [5.74, 6) is -0.961. The third kappa shape index (κ3) is 5.55. The van der Waals surface area contributed by atoms with Crippen molar-refractivity contribution in [2.75, 3.05) is 5.32 Å². The van der Waals surface area contributed by atoms with Gasteiger partial charge in [0, 0.05) is 16.1 Å². The van der Waals surface area contributed by atoms with E-state index in [-0.39, 0.29) is 0 Å². The maximum Gasteiger partial charge on any atom is 0.288 e. The van der Waals surface area contributed by atoms with Crippen molar-refractivity contribution in [3.63, 3.8) is 0 Å². The highest BCUT2D eigenvalue weighted by atomic mass is 32.2. The zero-order chi connectivity index (χ0) is 20.9. The summed E-state index contributed by atoms with van der Waals surface area (Å²) in [4.78, 5) is 0.508. The van der Waals surface area contributed by atoms with Gasteiger partial charge in [-0.3, -0.25) is 0 Å². The number of hydrogen-bond donors (Lipinski definition) is 1. The minimum atomic E-state index is -2.43. The van der Waals surface area contributed by atoms with Crippen LogP contribution in [0.1, 0.15) is 11.5 Å². The van der Waals surface area contributed by atoms with E-state index in [2.05, 4.69) is 25.7 Å². The van der Waals surface area contributed by atoms with Crippen LogP contribution in [-0.2, 0) is 5.75 Å². The molecule has 6 nitrogen and oxygen atoms in total. The molecule has 0 spiro atoms. The summed E-state index contributed by atoms with van der Waals surface area (Å²) in [7, 11) is 0. The van der Waals surface area contributed by atoms with Gasteiger partial charge in [0.2, 0.25) is 16.9 Å². The van der Waals surface area contributed by atoms with E-state index in [0.717, 1.165) is 21.2 Å². The van der Waals surface area contributed by atoms with Gasteiger partial charge in [0.25, 0.3) is 5.76 Å². The van der Waals surface area contributed by atoms with E-state index < -0.39 is 5.76 Å². The van der Waals surface area contributed by atoms with E-state index in [9.17, 15) is 8.78 Å². The Kier molecular flexibility index (Phi) is 6.60. The van der Waals surface area contributed by atoms with Crippen LogP contribution >= 0.6 is 34.9 Å². The van der Waals surface area contributed by atoms with Gasteiger partial charge in [-0.2, -0.15) is 8.78 Å². The van der Waals surface area contributed by atoms with Crippen LogP contribution in [0.2, 0.25) is 0 Å².